The quantitative estimate of drug-likeness (QED) is 0.770. The van der Waals surface area contributed by atoms with Crippen molar-refractivity contribution in [2.75, 3.05) is 13.1 Å². The van der Waals surface area contributed by atoms with Gasteiger partial charge in [0.05, 0.1) is 6.20 Å². The van der Waals surface area contributed by atoms with E-state index in [9.17, 15) is 9.90 Å². The van der Waals surface area contributed by atoms with Crippen LogP contribution in [0.3, 0.4) is 0 Å². The average Bonchev–Trinajstić information content (AvgIpc) is 3.27. The minimum absolute atomic E-state index is 0.231. The molecule has 2 N–H and O–H groups in total. The molecule has 0 aliphatic carbocycles. The fourth-order valence-electron chi connectivity index (χ4n) is 3.74. The summed E-state index contributed by atoms with van der Waals surface area (Å²) in [6.45, 7) is 1.33. The molecule has 4 rings (SSSR count). The Hall–Kier alpha value is -2.60. The van der Waals surface area contributed by atoms with Crippen LogP contribution in [-0.4, -0.2) is 43.8 Å². The molecule has 1 amide bonds. The van der Waals surface area contributed by atoms with Crippen molar-refractivity contribution in [3.05, 3.63) is 54.0 Å². The number of carbonyl (C=O) groups is 1. The van der Waals surface area contributed by atoms with Crippen LogP contribution in [0.1, 0.15) is 36.0 Å². The van der Waals surface area contributed by atoms with Crippen LogP contribution in [0.4, 0.5) is 0 Å². The summed E-state index contributed by atoms with van der Waals surface area (Å²) in [5.74, 6) is 0.209. The van der Waals surface area contributed by atoms with E-state index in [2.05, 4.69) is 34.5 Å². The number of benzene rings is 1. The predicted octanol–water partition coefficient (Wildman–Crippen LogP) is 2.34. The Labute approximate surface area is 146 Å². The minimum atomic E-state index is -1.13. The lowest BCUT2D eigenvalue weighted by atomic mass is 9.89. The minimum Gasteiger partial charge on any atom is -0.378 e. The molecular formula is C19H22N4O2. The van der Waals surface area contributed by atoms with Gasteiger partial charge in [-0.25, -0.2) is 0 Å². The van der Waals surface area contributed by atoms with Gasteiger partial charge in [0.2, 0.25) is 0 Å². The molecule has 1 fully saturated rings. The summed E-state index contributed by atoms with van der Waals surface area (Å²) in [4.78, 5) is 17.6. The number of aryl methyl sites for hydroxylation is 1. The van der Waals surface area contributed by atoms with E-state index in [1.54, 1.807) is 29.0 Å². The van der Waals surface area contributed by atoms with Gasteiger partial charge in [-0.1, -0.05) is 18.2 Å². The normalized spacial score (nSPS) is 17.1. The van der Waals surface area contributed by atoms with E-state index < -0.39 is 6.10 Å². The molecule has 1 aliphatic rings. The highest BCUT2D eigenvalue weighted by molar-refractivity contribution is 5.84. The summed E-state index contributed by atoms with van der Waals surface area (Å²) >= 11 is 0. The molecule has 3 aromatic rings. The molecule has 25 heavy (non-hydrogen) atoms. The van der Waals surface area contributed by atoms with Gasteiger partial charge in [0, 0.05) is 49.0 Å². The van der Waals surface area contributed by atoms with Gasteiger partial charge in [0.1, 0.15) is 0 Å². The first kappa shape index (κ1) is 15.9. The number of rotatable bonds is 3. The van der Waals surface area contributed by atoms with E-state index in [-0.39, 0.29) is 5.91 Å². The zero-order valence-corrected chi connectivity index (χ0v) is 14.2. The Morgan fingerprint density at radius 2 is 2.08 bits per heavy atom. The molecule has 0 bridgehead atoms. The van der Waals surface area contributed by atoms with Crippen LogP contribution < -0.4 is 0 Å². The number of fused-ring (bicyclic) bond motifs is 1. The molecule has 3 heterocycles. The summed E-state index contributed by atoms with van der Waals surface area (Å²) in [5, 5.41) is 15.6. The summed E-state index contributed by atoms with van der Waals surface area (Å²) in [5.41, 5.74) is 3.03. The number of carbonyl (C=O) groups excluding carboxylic acids is 1. The Morgan fingerprint density at radius 1 is 1.32 bits per heavy atom. The number of hydrogen-bond acceptors (Lipinski definition) is 3. The van der Waals surface area contributed by atoms with Crippen LogP contribution in [0.5, 0.6) is 0 Å². The van der Waals surface area contributed by atoms with Gasteiger partial charge in [0.15, 0.2) is 6.10 Å². The predicted molar refractivity (Wildman–Crippen MR) is 95.0 cm³/mol. The van der Waals surface area contributed by atoms with Crippen molar-refractivity contribution >= 4 is 16.8 Å². The number of nitrogens with one attached hydrogen (secondary N) is 1. The smallest absolute Gasteiger partial charge is 0.256 e. The first-order valence-corrected chi connectivity index (χ1v) is 8.65. The Balaban J connectivity index is 1.43. The first-order chi connectivity index (χ1) is 12.1. The summed E-state index contributed by atoms with van der Waals surface area (Å²) in [6, 6.07) is 8.32. The van der Waals surface area contributed by atoms with E-state index in [1.165, 1.54) is 10.9 Å². The summed E-state index contributed by atoms with van der Waals surface area (Å²) < 4.78 is 1.59. The summed E-state index contributed by atoms with van der Waals surface area (Å²) in [6.07, 6.45) is 6.01. The molecule has 1 unspecified atom stereocenters. The number of likely N-dealkylation sites (tertiary alicyclic amines) is 1. The number of amides is 1. The molecule has 1 aliphatic heterocycles. The highest BCUT2D eigenvalue weighted by atomic mass is 16.3. The van der Waals surface area contributed by atoms with E-state index in [1.807, 2.05) is 6.07 Å². The average molecular weight is 338 g/mol. The van der Waals surface area contributed by atoms with E-state index in [4.69, 9.17) is 0 Å². The van der Waals surface area contributed by atoms with Crippen molar-refractivity contribution in [2.24, 2.45) is 7.05 Å². The third-order valence-electron chi connectivity index (χ3n) is 5.14. The fourth-order valence-corrected chi connectivity index (χ4v) is 3.74. The second kappa shape index (κ2) is 6.37. The number of para-hydroxylation sites is 1. The molecule has 0 saturated carbocycles. The van der Waals surface area contributed by atoms with Crippen LogP contribution in [-0.2, 0) is 11.8 Å². The van der Waals surface area contributed by atoms with Crippen molar-refractivity contribution in [2.45, 2.75) is 24.9 Å². The Bertz CT molecular complexity index is 890. The van der Waals surface area contributed by atoms with Gasteiger partial charge in [-0.15, -0.1) is 0 Å². The fraction of sp³-hybridized carbons (Fsp3) is 0.368. The molecule has 1 saturated heterocycles. The monoisotopic (exact) mass is 338 g/mol. The zero-order valence-electron chi connectivity index (χ0n) is 14.2. The molecule has 1 atom stereocenters. The first-order valence-electron chi connectivity index (χ1n) is 8.65. The van der Waals surface area contributed by atoms with Crippen LogP contribution in [0.25, 0.3) is 10.9 Å². The SMILES string of the molecule is Cn1cc(C(O)C(=O)N2CCC(c3c[nH]c4ccccc34)CC2)cn1. The third-order valence-corrected chi connectivity index (χ3v) is 5.14. The van der Waals surface area contributed by atoms with Crippen molar-refractivity contribution in [3.8, 4) is 0 Å². The van der Waals surface area contributed by atoms with Gasteiger partial charge in [-0.2, -0.15) is 5.10 Å². The zero-order chi connectivity index (χ0) is 17.4. The largest absolute Gasteiger partial charge is 0.378 e. The maximum Gasteiger partial charge on any atom is 0.256 e. The van der Waals surface area contributed by atoms with Gasteiger partial charge >= 0.3 is 0 Å². The number of aliphatic hydroxyl groups excluding tert-OH is 1. The van der Waals surface area contributed by atoms with Crippen molar-refractivity contribution in [1.82, 2.24) is 19.7 Å². The molecule has 2 aromatic heterocycles. The highest BCUT2D eigenvalue weighted by Gasteiger charge is 2.29. The lowest BCUT2D eigenvalue weighted by Gasteiger charge is -2.33. The van der Waals surface area contributed by atoms with Gasteiger partial charge in [-0.3, -0.25) is 9.48 Å². The van der Waals surface area contributed by atoms with Crippen LogP contribution in [0.2, 0.25) is 0 Å². The second-order valence-corrected chi connectivity index (χ2v) is 6.74. The topological polar surface area (TPSA) is 74.2 Å². The standard InChI is InChI=1S/C19H22N4O2/c1-22-12-14(10-21-22)18(24)19(25)23-8-6-13(7-9-23)16-11-20-17-5-3-2-4-15(16)17/h2-5,10-13,18,20,24H,6-9H2,1H3. The second-order valence-electron chi connectivity index (χ2n) is 6.74. The molecule has 0 spiro atoms. The highest BCUT2D eigenvalue weighted by Crippen LogP contribution is 2.33. The third kappa shape index (κ3) is 2.93. The number of piperidine rings is 1. The Kier molecular flexibility index (Phi) is 4.05. The number of aromatic amines is 1. The lowest BCUT2D eigenvalue weighted by molar-refractivity contribution is -0.141. The number of hydrogen-bond donors (Lipinski definition) is 2. The van der Waals surface area contributed by atoms with Gasteiger partial charge in [-0.05, 0) is 30.4 Å². The molecule has 130 valence electrons. The van der Waals surface area contributed by atoms with Gasteiger partial charge < -0.3 is 15.0 Å². The van der Waals surface area contributed by atoms with E-state index >= 15 is 0 Å². The lowest BCUT2D eigenvalue weighted by Crippen LogP contribution is -2.40. The molecule has 1 aromatic carbocycles. The Morgan fingerprint density at radius 3 is 2.80 bits per heavy atom. The summed E-state index contributed by atoms with van der Waals surface area (Å²) in [7, 11) is 1.77. The van der Waals surface area contributed by atoms with Gasteiger partial charge in [0.25, 0.3) is 5.91 Å². The maximum atomic E-state index is 12.5. The maximum absolute atomic E-state index is 12.5. The number of aromatic nitrogens is 3. The number of nitrogens with zero attached hydrogens (tertiary/aromatic N) is 3. The molecular weight excluding hydrogens is 316 g/mol. The molecule has 6 heteroatoms. The van der Waals surface area contributed by atoms with Crippen molar-refractivity contribution < 1.29 is 9.90 Å². The molecule has 0 radical (unpaired) electrons. The van der Waals surface area contributed by atoms with Crippen molar-refractivity contribution in [1.29, 1.82) is 0 Å². The number of H-pyrrole nitrogens is 1. The van der Waals surface area contributed by atoms with Crippen LogP contribution >= 0.6 is 0 Å². The van der Waals surface area contributed by atoms with E-state index in [0.717, 1.165) is 18.4 Å². The van der Waals surface area contributed by atoms with Crippen LogP contribution in [0, 0.1) is 0 Å². The van der Waals surface area contributed by atoms with E-state index in [0.29, 0.717) is 24.6 Å². The van der Waals surface area contributed by atoms with Crippen LogP contribution in [0.15, 0.2) is 42.9 Å². The van der Waals surface area contributed by atoms with Crippen molar-refractivity contribution in [3.63, 3.8) is 0 Å². The molecule has 6 nitrogen and oxygen atoms in total. The number of aliphatic hydroxyl groups is 1.